The van der Waals surface area contributed by atoms with Gasteiger partial charge in [-0.2, -0.15) is 0 Å². The van der Waals surface area contributed by atoms with Gasteiger partial charge in [-0.15, -0.1) is 0 Å². The number of nitrogens with zero attached hydrogens (tertiary/aromatic N) is 2. The maximum Gasteiger partial charge on any atom is 0.337 e. The standard InChI is InChI=1S/C23H22F2N2O5.C17H18BrNO5/c1-13(26-17-10-15(24)9-16(25)11-17)18-7-14(23(29)30-2)8-19-20(28)12-21(32-22(18)19)27-3-5-31-6-4-27;1-10(18)12-7-11(17(21)22-2)8-13-14(20)9-15(24-16(12)13)19-3-5-23-6-4-19/h7-13,26H,3-6H2,1-2H3;7-10H,3-6H2,1-2H3. The van der Waals surface area contributed by atoms with Gasteiger partial charge in [0.1, 0.15) is 22.8 Å². The average molecular weight is 841 g/mol. The third-order valence-corrected chi connectivity index (χ3v) is 9.81. The van der Waals surface area contributed by atoms with E-state index in [1.807, 2.05) is 16.7 Å². The normalized spacial score (nSPS) is 15.5. The van der Waals surface area contributed by atoms with E-state index in [4.69, 9.17) is 27.8 Å². The summed E-state index contributed by atoms with van der Waals surface area (Å²) >= 11 is 3.51. The molecule has 0 amide bonds. The van der Waals surface area contributed by atoms with Crippen LogP contribution in [-0.2, 0) is 18.9 Å². The molecule has 2 saturated heterocycles. The summed E-state index contributed by atoms with van der Waals surface area (Å²) in [6.07, 6.45) is 0. The molecule has 4 heterocycles. The molecule has 16 heteroatoms. The lowest BCUT2D eigenvalue weighted by atomic mass is 10.0. The van der Waals surface area contributed by atoms with Crippen LogP contribution in [0.15, 0.2) is 73.0 Å². The van der Waals surface area contributed by atoms with E-state index in [9.17, 15) is 28.0 Å². The van der Waals surface area contributed by atoms with Crippen LogP contribution < -0.4 is 26.0 Å². The van der Waals surface area contributed by atoms with Gasteiger partial charge in [0, 0.05) is 66.0 Å². The van der Waals surface area contributed by atoms with E-state index >= 15 is 0 Å². The minimum atomic E-state index is -0.728. The quantitative estimate of drug-likeness (QED) is 0.130. The molecule has 2 atom stereocenters. The molecule has 2 aliphatic rings. The summed E-state index contributed by atoms with van der Waals surface area (Å²) in [7, 11) is 2.56. The number of methoxy groups -OCH3 is 2. The first-order valence-electron chi connectivity index (χ1n) is 17.8. The lowest BCUT2D eigenvalue weighted by Crippen LogP contribution is -2.36. The fourth-order valence-corrected chi connectivity index (χ4v) is 6.82. The SMILES string of the molecule is COC(=O)c1cc(C(C)Br)c2oc(N3CCOCC3)cc(=O)c2c1.COC(=O)c1cc(C(C)Nc2cc(F)cc(F)c2)c2oc(N3CCOCC3)cc(=O)c2c1. The molecule has 1 N–H and O–H groups in total. The number of esters is 2. The van der Waals surface area contributed by atoms with Crippen molar-refractivity contribution in [2.24, 2.45) is 0 Å². The number of nitrogens with one attached hydrogen (secondary N) is 1. The number of anilines is 3. The monoisotopic (exact) mass is 839 g/mol. The van der Waals surface area contributed by atoms with Gasteiger partial charge in [0.25, 0.3) is 0 Å². The van der Waals surface area contributed by atoms with Crippen molar-refractivity contribution in [3.8, 4) is 0 Å². The maximum atomic E-state index is 13.6. The second-order valence-electron chi connectivity index (χ2n) is 13.1. The summed E-state index contributed by atoms with van der Waals surface area (Å²) in [4.78, 5) is 53.4. The Kier molecular flexibility index (Phi) is 12.7. The number of hydrogen-bond donors (Lipinski definition) is 1. The molecule has 0 saturated carbocycles. The minimum Gasteiger partial charge on any atom is -0.465 e. The van der Waals surface area contributed by atoms with Gasteiger partial charge in [0.2, 0.25) is 0 Å². The Morgan fingerprint density at radius 3 is 1.54 bits per heavy atom. The Labute approximate surface area is 328 Å². The van der Waals surface area contributed by atoms with Crippen molar-refractivity contribution >= 4 is 67.3 Å². The summed E-state index contributed by atoms with van der Waals surface area (Å²) < 4.78 is 59.7. The topological polar surface area (TPSA) is 150 Å². The zero-order chi connectivity index (χ0) is 40.1. The largest absolute Gasteiger partial charge is 0.465 e. The third-order valence-electron chi connectivity index (χ3n) is 9.32. The van der Waals surface area contributed by atoms with Crippen LogP contribution in [0, 0.1) is 11.6 Å². The van der Waals surface area contributed by atoms with E-state index in [1.54, 1.807) is 19.1 Å². The third kappa shape index (κ3) is 9.03. The predicted octanol–water partition coefficient (Wildman–Crippen LogP) is 6.74. The first-order valence-corrected chi connectivity index (χ1v) is 18.7. The van der Waals surface area contributed by atoms with Crippen molar-refractivity contribution in [1.29, 1.82) is 0 Å². The van der Waals surface area contributed by atoms with Crippen molar-refractivity contribution < 1.29 is 46.2 Å². The highest BCUT2D eigenvalue weighted by Crippen LogP contribution is 2.33. The number of hydrogen-bond acceptors (Lipinski definition) is 13. The molecule has 2 unspecified atom stereocenters. The molecular formula is C40H40BrF2N3O10. The average Bonchev–Trinajstić information content (AvgIpc) is 3.19. The molecule has 0 radical (unpaired) electrons. The van der Waals surface area contributed by atoms with Gasteiger partial charge in [0.15, 0.2) is 22.6 Å². The second kappa shape index (κ2) is 17.6. The van der Waals surface area contributed by atoms with Crippen LogP contribution in [0.25, 0.3) is 21.9 Å². The zero-order valence-electron chi connectivity index (χ0n) is 31.1. The fraction of sp³-hybridized carbons (Fsp3) is 0.350. The van der Waals surface area contributed by atoms with Crippen LogP contribution in [-0.4, -0.2) is 78.8 Å². The predicted molar refractivity (Wildman–Crippen MR) is 209 cm³/mol. The number of carbonyl (C=O) groups excluding carboxylic acids is 2. The van der Waals surface area contributed by atoms with E-state index in [0.717, 1.165) is 23.8 Å². The van der Waals surface area contributed by atoms with Crippen LogP contribution in [0.1, 0.15) is 56.6 Å². The second-order valence-corrected chi connectivity index (χ2v) is 14.5. The lowest BCUT2D eigenvalue weighted by molar-refractivity contribution is 0.0592. The van der Waals surface area contributed by atoms with Crippen molar-refractivity contribution in [2.75, 3.05) is 81.9 Å². The number of ether oxygens (including phenoxy) is 4. The molecule has 0 spiro atoms. The summed E-state index contributed by atoms with van der Waals surface area (Å²) in [5, 5.41) is 3.59. The summed E-state index contributed by atoms with van der Waals surface area (Å²) in [5.74, 6) is -1.64. The van der Waals surface area contributed by atoms with E-state index in [2.05, 4.69) is 21.2 Å². The smallest absolute Gasteiger partial charge is 0.337 e. The highest BCUT2D eigenvalue weighted by Gasteiger charge is 2.23. The van der Waals surface area contributed by atoms with Crippen LogP contribution in [0.4, 0.5) is 26.2 Å². The Bertz CT molecular complexity index is 2350. The lowest BCUT2D eigenvalue weighted by Gasteiger charge is -2.27. The number of rotatable bonds is 8. The molecule has 5 aromatic rings. The van der Waals surface area contributed by atoms with Crippen molar-refractivity contribution in [3.63, 3.8) is 0 Å². The van der Waals surface area contributed by atoms with Crippen LogP contribution in [0.5, 0.6) is 0 Å². The molecule has 0 bridgehead atoms. The first-order chi connectivity index (χ1) is 26.9. The molecule has 7 rings (SSSR count). The summed E-state index contributed by atoms with van der Waals surface area (Å²) in [6.45, 7) is 8.37. The van der Waals surface area contributed by atoms with E-state index in [1.165, 1.54) is 38.5 Å². The zero-order valence-corrected chi connectivity index (χ0v) is 32.7. The van der Waals surface area contributed by atoms with Crippen LogP contribution >= 0.6 is 15.9 Å². The number of fused-ring (bicyclic) bond motifs is 2. The number of morpholine rings is 2. The van der Waals surface area contributed by atoms with Gasteiger partial charge in [-0.25, -0.2) is 18.4 Å². The molecule has 13 nitrogen and oxygen atoms in total. The first kappa shape index (κ1) is 40.3. The van der Waals surface area contributed by atoms with Gasteiger partial charge >= 0.3 is 11.9 Å². The van der Waals surface area contributed by atoms with Crippen LogP contribution in [0.2, 0.25) is 0 Å². The number of benzene rings is 3. The number of carbonyl (C=O) groups is 2. The summed E-state index contributed by atoms with van der Waals surface area (Å²) in [6, 6.07) is 11.6. The maximum absolute atomic E-state index is 13.6. The van der Waals surface area contributed by atoms with Crippen LogP contribution in [0.3, 0.4) is 0 Å². The molecular weight excluding hydrogens is 800 g/mol. The van der Waals surface area contributed by atoms with Crippen molar-refractivity contribution in [2.45, 2.75) is 24.7 Å². The van der Waals surface area contributed by atoms with Gasteiger partial charge in [-0.1, -0.05) is 15.9 Å². The minimum absolute atomic E-state index is 0.0901. The van der Waals surface area contributed by atoms with Gasteiger partial charge < -0.3 is 42.9 Å². The van der Waals surface area contributed by atoms with Gasteiger partial charge in [0.05, 0.1) is 68.6 Å². The Morgan fingerprint density at radius 1 is 0.679 bits per heavy atom. The molecule has 56 heavy (non-hydrogen) atoms. The fourth-order valence-electron chi connectivity index (χ4n) is 6.48. The molecule has 2 aromatic heterocycles. The van der Waals surface area contributed by atoms with Gasteiger partial charge in [-0.05, 0) is 50.2 Å². The van der Waals surface area contributed by atoms with E-state index < -0.39 is 29.6 Å². The molecule has 2 fully saturated rings. The molecule has 2 aliphatic heterocycles. The molecule has 0 aliphatic carbocycles. The van der Waals surface area contributed by atoms with Crippen molar-refractivity contribution in [1.82, 2.24) is 0 Å². The Balaban J connectivity index is 0.000000198. The van der Waals surface area contributed by atoms with E-state index in [0.29, 0.717) is 86.5 Å². The van der Waals surface area contributed by atoms with Crippen molar-refractivity contribution in [3.05, 3.63) is 109 Å². The number of halogens is 3. The summed E-state index contributed by atoms with van der Waals surface area (Å²) in [5.41, 5.74) is 2.18. The molecule has 3 aromatic carbocycles. The Morgan fingerprint density at radius 2 is 1.11 bits per heavy atom. The number of alkyl halides is 1. The highest BCUT2D eigenvalue weighted by atomic mass is 79.9. The Hall–Kier alpha value is -5.32. The van der Waals surface area contributed by atoms with Gasteiger partial charge in [-0.3, -0.25) is 9.59 Å². The van der Waals surface area contributed by atoms with E-state index in [-0.39, 0.29) is 37.9 Å². The molecule has 296 valence electrons. The highest BCUT2D eigenvalue weighted by molar-refractivity contribution is 9.09.